The molecule has 0 atom stereocenters. The number of hydrogen-bond acceptors (Lipinski definition) is 4. The summed E-state index contributed by atoms with van der Waals surface area (Å²) in [6.45, 7) is 1.67. The van der Waals surface area contributed by atoms with Gasteiger partial charge in [-0.15, -0.1) is 0 Å². The van der Waals surface area contributed by atoms with Crippen molar-refractivity contribution in [1.82, 2.24) is 9.97 Å². The highest BCUT2D eigenvalue weighted by atomic mass is 35.5. The fourth-order valence-electron chi connectivity index (χ4n) is 2.18. The van der Waals surface area contributed by atoms with E-state index < -0.39 is 17.5 Å². The van der Waals surface area contributed by atoms with Crippen molar-refractivity contribution in [2.24, 2.45) is 0 Å². The zero-order chi connectivity index (χ0) is 18.7. The van der Waals surface area contributed by atoms with Crippen LogP contribution >= 0.6 is 11.6 Å². The molecule has 8 heteroatoms. The van der Waals surface area contributed by atoms with Crippen LogP contribution in [0.15, 0.2) is 48.5 Å². The summed E-state index contributed by atoms with van der Waals surface area (Å²) in [5.41, 5.74) is 1.15. The Morgan fingerprint density at radius 1 is 1.04 bits per heavy atom. The second-order valence-electron chi connectivity index (χ2n) is 5.43. The first-order valence-electron chi connectivity index (χ1n) is 7.55. The third-order valence-corrected chi connectivity index (χ3v) is 3.62. The van der Waals surface area contributed by atoms with Crippen LogP contribution in [-0.4, -0.2) is 15.9 Å². The van der Waals surface area contributed by atoms with Crippen molar-refractivity contribution >= 4 is 34.8 Å². The van der Waals surface area contributed by atoms with E-state index in [-0.39, 0.29) is 17.3 Å². The van der Waals surface area contributed by atoms with Gasteiger partial charge < -0.3 is 10.6 Å². The lowest BCUT2D eigenvalue weighted by Crippen LogP contribution is -2.15. The summed E-state index contributed by atoms with van der Waals surface area (Å²) in [5, 5.41) is 5.88. The maximum Gasteiger partial charge on any atom is 0.274 e. The molecule has 1 amide bonds. The molecule has 2 aromatic carbocycles. The molecule has 3 rings (SSSR count). The summed E-state index contributed by atoms with van der Waals surface area (Å²) in [5.74, 6) is -1.92. The Kier molecular flexibility index (Phi) is 5.09. The van der Waals surface area contributed by atoms with Crippen LogP contribution < -0.4 is 10.6 Å². The number of nitrogens with zero attached hydrogens (tertiary/aromatic N) is 2. The van der Waals surface area contributed by atoms with E-state index in [1.165, 1.54) is 12.1 Å². The fourth-order valence-corrected chi connectivity index (χ4v) is 2.31. The molecule has 0 radical (unpaired) electrons. The molecule has 0 aliphatic carbocycles. The van der Waals surface area contributed by atoms with E-state index in [9.17, 15) is 13.6 Å². The summed E-state index contributed by atoms with van der Waals surface area (Å²) in [4.78, 5) is 20.6. The SMILES string of the molecule is Cc1cc(C(=O)Nc2ccc(Cl)cc2)nc(Nc2ccc(F)cc2F)n1. The van der Waals surface area contributed by atoms with Crippen molar-refractivity contribution in [2.75, 3.05) is 10.6 Å². The first kappa shape index (κ1) is 17.8. The summed E-state index contributed by atoms with van der Waals surface area (Å²) >= 11 is 5.81. The van der Waals surface area contributed by atoms with E-state index in [2.05, 4.69) is 20.6 Å². The van der Waals surface area contributed by atoms with Crippen LogP contribution in [0.3, 0.4) is 0 Å². The zero-order valence-corrected chi connectivity index (χ0v) is 14.3. The highest BCUT2D eigenvalue weighted by Crippen LogP contribution is 2.19. The minimum absolute atomic E-state index is 0.000981. The van der Waals surface area contributed by atoms with Crippen molar-refractivity contribution in [2.45, 2.75) is 6.92 Å². The maximum absolute atomic E-state index is 13.8. The molecule has 0 aliphatic heterocycles. The molecule has 3 aromatic rings. The number of carbonyl (C=O) groups is 1. The Hall–Kier alpha value is -3.06. The molecule has 132 valence electrons. The molecule has 1 aromatic heterocycles. The monoisotopic (exact) mass is 374 g/mol. The van der Waals surface area contributed by atoms with Crippen LogP contribution in [0.25, 0.3) is 0 Å². The summed E-state index contributed by atoms with van der Waals surface area (Å²) in [6, 6.07) is 11.2. The molecular weight excluding hydrogens is 362 g/mol. The normalized spacial score (nSPS) is 10.5. The lowest BCUT2D eigenvalue weighted by molar-refractivity contribution is 0.102. The summed E-state index contributed by atoms with van der Waals surface area (Å²) in [6.07, 6.45) is 0. The highest BCUT2D eigenvalue weighted by Gasteiger charge is 2.12. The number of halogens is 3. The minimum Gasteiger partial charge on any atom is -0.322 e. The largest absolute Gasteiger partial charge is 0.322 e. The smallest absolute Gasteiger partial charge is 0.274 e. The van der Waals surface area contributed by atoms with Crippen molar-refractivity contribution in [3.8, 4) is 0 Å². The van der Waals surface area contributed by atoms with Gasteiger partial charge in [0.1, 0.15) is 17.3 Å². The van der Waals surface area contributed by atoms with Gasteiger partial charge in [0.2, 0.25) is 5.95 Å². The molecule has 0 fully saturated rings. The van der Waals surface area contributed by atoms with E-state index >= 15 is 0 Å². The van der Waals surface area contributed by atoms with Gasteiger partial charge in [-0.3, -0.25) is 4.79 Å². The number of benzene rings is 2. The van der Waals surface area contributed by atoms with Gasteiger partial charge in [-0.05, 0) is 49.4 Å². The number of aryl methyl sites for hydroxylation is 1. The van der Waals surface area contributed by atoms with Gasteiger partial charge in [0.05, 0.1) is 5.69 Å². The number of nitrogens with one attached hydrogen (secondary N) is 2. The summed E-state index contributed by atoms with van der Waals surface area (Å²) < 4.78 is 26.8. The predicted octanol–water partition coefficient (Wildman–Crippen LogP) is 4.71. The number of rotatable bonds is 4. The standard InChI is InChI=1S/C18H13ClF2N4O/c1-10-8-16(17(26)23-13-5-2-11(19)3-6-13)25-18(22-10)24-15-7-4-12(20)9-14(15)21/h2-9H,1H3,(H,23,26)(H,22,24,25). The van der Waals surface area contributed by atoms with Crippen molar-refractivity contribution in [1.29, 1.82) is 0 Å². The number of aromatic nitrogens is 2. The fraction of sp³-hybridized carbons (Fsp3) is 0.0556. The highest BCUT2D eigenvalue weighted by molar-refractivity contribution is 6.30. The molecule has 0 saturated heterocycles. The predicted molar refractivity (Wildman–Crippen MR) is 95.8 cm³/mol. The van der Waals surface area contributed by atoms with Crippen LogP contribution in [0.1, 0.15) is 16.2 Å². The van der Waals surface area contributed by atoms with Gasteiger partial charge in [0.25, 0.3) is 5.91 Å². The number of amides is 1. The van der Waals surface area contributed by atoms with E-state index in [1.54, 1.807) is 31.2 Å². The Bertz CT molecular complexity index is 964. The zero-order valence-electron chi connectivity index (χ0n) is 13.6. The number of anilines is 3. The van der Waals surface area contributed by atoms with Crippen LogP contribution in [0.5, 0.6) is 0 Å². The maximum atomic E-state index is 13.8. The third kappa shape index (κ3) is 4.31. The molecular formula is C18H13ClF2N4O. The van der Waals surface area contributed by atoms with E-state index in [4.69, 9.17) is 11.6 Å². The lowest BCUT2D eigenvalue weighted by atomic mass is 10.2. The number of carbonyl (C=O) groups excluding carboxylic acids is 1. The van der Waals surface area contributed by atoms with Crippen LogP contribution in [0, 0.1) is 18.6 Å². The van der Waals surface area contributed by atoms with Crippen molar-refractivity contribution < 1.29 is 13.6 Å². The van der Waals surface area contributed by atoms with Gasteiger partial charge in [-0.2, -0.15) is 0 Å². The summed E-state index contributed by atoms with van der Waals surface area (Å²) in [7, 11) is 0. The van der Waals surface area contributed by atoms with Crippen LogP contribution in [0.4, 0.5) is 26.1 Å². The van der Waals surface area contributed by atoms with E-state index in [0.29, 0.717) is 16.4 Å². The van der Waals surface area contributed by atoms with Crippen molar-refractivity contribution in [3.63, 3.8) is 0 Å². The molecule has 26 heavy (non-hydrogen) atoms. The Morgan fingerprint density at radius 2 is 1.77 bits per heavy atom. The third-order valence-electron chi connectivity index (χ3n) is 3.37. The Balaban J connectivity index is 1.82. The molecule has 0 unspecified atom stereocenters. The Morgan fingerprint density at radius 3 is 2.46 bits per heavy atom. The van der Waals surface area contributed by atoms with E-state index in [1.807, 2.05) is 0 Å². The average molecular weight is 375 g/mol. The Labute approximate surface area is 153 Å². The molecule has 2 N–H and O–H groups in total. The van der Waals surface area contributed by atoms with Gasteiger partial charge in [-0.1, -0.05) is 11.6 Å². The van der Waals surface area contributed by atoms with Gasteiger partial charge in [0, 0.05) is 22.5 Å². The first-order chi connectivity index (χ1) is 12.4. The average Bonchev–Trinajstić information content (AvgIpc) is 2.59. The minimum atomic E-state index is -0.790. The topological polar surface area (TPSA) is 66.9 Å². The molecule has 0 spiro atoms. The van der Waals surface area contributed by atoms with E-state index in [0.717, 1.165) is 12.1 Å². The molecule has 5 nitrogen and oxygen atoms in total. The quantitative estimate of drug-likeness (QED) is 0.694. The van der Waals surface area contributed by atoms with Crippen LogP contribution in [0.2, 0.25) is 5.02 Å². The van der Waals surface area contributed by atoms with Gasteiger partial charge >= 0.3 is 0 Å². The number of hydrogen-bond donors (Lipinski definition) is 2. The van der Waals surface area contributed by atoms with Crippen molar-refractivity contribution in [3.05, 3.63) is 76.6 Å². The molecule has 0 saturated carbocycles. The first-order valence-corrected chi connectivity index (χ1v) is 7.93. The van der Waals surface area contributed by atoms with Gasteiger partial charge in [0.15, 0.2) is 0 Å². The molecule has 0 aliphatic rings. The van der Waals surface area contributed by atoms with Crippen LogP contribution in [-0.2, 0) is 0 Å². The second-order valence-corrected chi connectivity index (χ2v) is 5.86. The second kappa shape index (κ2) is 7.45. The van der Waals surface area contributed by atoms with Gasteiger partial charge in [-0.25, -0.2) is 18.7 Å². The molecule has 1 heterocycles. The lowest BCUT2D eigenvalue weighted by Gasteiger charge is -2.09. The molecule has 0 bridgehead atoms.